The molecule has 0 saturated carbocycles. The number of hydrogen-bond donors (Lipinski definition) is 0. The van der Waals surface area contributed by atoms with Crippen LogP contribution < -0.4 is 0 Å². The molecule has 0 bridgehead atoms. The van der Waals surface area contributed by atoms with Gasteiger partial charge in [0.25, 0.3) is 11.8 Å². The van der Waals surface area contributed by atoms with E-state index in [1.165, 1.54) is 43.4 Å². The first-order valence-corrected chi connectivity index (χ1v) is 12.1. The predicted molar refractivity (Wildman–Crippen MR) is 126 cm³/mol. The zero-order valence-corrected chi connectivity index (χ0v) is 19.7. The van der Waals surface area contributed by atoms with E-state index in [9.17, 15) is 9.59 Å². The summed E-state index contributed by atoms with van der Waals surface area (Å²) >= 11 is 0. The maximum absolute atomic E-state index is 13.4. The standard InChI is InChI=1S/C26H39N3O2/c1-4-5-6-7-8-9-10-11-16-29-25(30)23(22-14-12-21(2)13-15-22)24(26(29)31)28-19-17-27(3)18-20-28/h12-15H,4-11,16-20H2,1-3H3. The van der Waals surface area contributed by atoms with Crippen molar-refractivity contribution in [2.45, 2.75) is 65.2 Å². The molecular weight excluding hydrogens is 386 g/mol. The van der Waals surface area contributed by atoms with Crippen LogP contribution in [0.1, 0.15) is 69.4 Å². The van der Waals surface area contributed by atoms with Crippen molar-refractivity contribution in [2.24, 2.45) is 0 Å². The van der Waals surface area contributed by atoms with Gasteiger partial charge in [0.05, 0.1) is 5.57 Å². The van der Waals surface area contributed by atoms with Crippen LogP contribution in [-0.2, 0) is 9.59 Å². The molecule has 0 aromatic heterocycles. The van der Waals surface area contributed by atoms with E-state index < -0.39 is 0 Å². The molecule has 2 amide bonds. The molecule has 0 N–H and O–H groups in total. The summed E-state index contributed by atoms with van der Waals surface area (Å²) in [6.07, 6.45) is 9.60. The summed E-state index contributed by atoms with van der Waals surface area (Å²) < 4.78 is 0. The fourth-order valence-corrected chi connectivity index (χ4v) is 4.47. The first-order valence-electron chi connectivity index (χ1n) is 12.1. The highest BCUT2D eigenvalue weighted by molar-refractivity contribution is 6.35. The second kappa shape index (κ2) is 11.5. The smallest absolute Gasteiger partial charge is 0.277 e. The van der Waals surface area contributed by atoms with Crippen molar-refractivity contribution >= 4 is 17.4 Å². The normalized spacial score (nSPS) is 17.9. The third-order valence-corrected chi connectivity index (χ3v) is 6.54. The van der Waals surface area contributed by atoms with E-state index in [1.54, 1.807) is 0 Å². The highest BCUT2D eigenvalue weighted by Gasteiger charge is 2.41. The summed E-state index contributed by atoms with van der Waals surface area (Å²) in [5.74, 6) is -0.223. The van der Waals surface area contributed by atoms with E-state index in [1.807, 2.05) is 31.2 Å². The molecule has 2 heterocycles. The van der Waals surface area contributed by atoms with Gasteiger partial charge in [-0.3, -0.25) is 14.5 Å². The molecule has 5 heteroatoms. The molecule has 0 spiro atoms. The predicted octanol–water partition coefficient (Wildman–Crippen LogP) is 4.46. The lowest BCUT2D eigenvalue weighted by atomic mass is 10.0. The van der Waals surface area contributed by atoms with Crippen molar-refractivity contribution in [1.82, 2.24) is 14.7 Å². The summed E-state index contributed by atoms with van der Waals surface area (Å²) in [5, 5.41) is 0. The lowest BCUT2D eigenvalue weighted by Gasteiger charge is -2.34. The van der Waals surface area contributed by atoms with Crippen LogP contribution in [0.2, 0.25) is 0 Å². The van der Waals surface area contributed by atoms with Crippen molar-refractivity contribution in [3.63, 3.8) is 0 Å². The lowest BCUT2D eigenvalue weighted by Crippen LogP contribution is -2.46. The molecule has 0 aliphatic carbocycles. The number of nitrogens with zero attached hydrogens (tertiary/aromatic N) is 3. The maximum Gasteiger partial charge on any atom is 0.277 e. The third kappa shape index (κ3) is 5.97. The van der Waals surface area contributed by atoms with Gasteiger partial charge < -0.3 is 9.80 Å². The van der Waals surface area contributed by atoms with Crippen LogP contribution in [0.4, 0.5) is 0 Å². The second-order valence-electron chi connectivity index (χ2n) is 9.12. The van der Waals surface area contributed by atoms with E-state index in [-0.39, 0.29) is 11.8 Å². The number of amides is 2. The summed E-state index contributed by atoms with van der Waals surface area (Å²) in [5.41, 5.74) is 3.21. The topological polar surface area (TPSA) is 43.9 Å². The van der Waals surface area contributed by atoms with E-state index in [0.717, 1.165) is 50.1 Å². The van der Waals surface area contributed by atoms with Gasteiger partial charge in [-0.05, 0) is 26.0 Å². The first kappa shape index (κ1) is 23.5. The molecule has 2 aliphatic heterocycles. The quantitative estimate of drug-likeness (QED) is 0.388. The molecule has 3 rings (SSSR count). The van der Waals surface area contributed by atoms with Crippen LogP contribution in [0.25, 0.3) is 5.57 Å². The van der Waals surface area contributed by atoms with Crippen molar-refractivity contribution in [2.75, 3.05) is 39.8 Å². The Balaban J connectivity index is 1.67. The summed E-state index contributed by atoms with van der Waals surface area (Å²) in [6, 6.07) is 7.99. The number of carbonyl (C=O) groups is 2. The largest absolute Gasteiger partial charge is 0.364 e. The first-order chi connectivity index (χ1) is 15.0. The Labute approximate surface area is 188 Å². The Morgan fingerprint density at radius 1 is 0.774 bits per heavy atom. The molecule has 2 aliphatic rings. The number of rotatable bonds is 11. The molecule has 0 unspecified atom stereocenters. The third-order valence-electron chi connectivity index (χ3n) is 6.54. The molecule has 1 aromatic carbocycles. The monoisotopic (exact) mass is 425 g/mol. The number of aryl methyl sites for hydroxylation is 1. The van der Waals surface area contributed by atoms with Gasteiger partial charge in [0, 0.05) is 32.7 Å². The van der Waals surface area contributed by atoms with E-state index in [2.05, 4.69) is 23.8 Å². The number of hydrogen-bond acceptors (Lipinski definition) is 4. The molecule has 1 saturated heterocycles. The Kier molecular flexibility index (Phi) is 8.70. The summed E-state index contributed by atoms with van der Waals surface area (Å²) in [6.45, 7) is 8.18. The number of piperazine rings is 1. The minimum atomic E-state index is -0.120. The van der Waals surface area contributed by atoms with Gasteiger partial charge in [0.1, 0.15) is 5.70 Å². The molecule has 0 radical (unpaired) electrons. The van der Waals surface area contributed by atoms with Crippen molar-refractivity contribution < 1.29 is 9.59 Å². The Morgan fingerprint density at radius 2 is 1.35 bits per heavy atom. The van der Waals surface area contributed by atoms with Crippen LogP contribution >= 0.6 is 0 Å². The van der Waals surface area contributed by atoms with Crippen LogP contribution in [-0.4, -0.2) is 66.3 Å². The number of likely N-dealkylation sites (N-methyl/N-ethyl adjacent to an activating group) is 1. The fraction of sp³-hybridized carbons (Fsp3) is 0.615. The minimum Gasteiger partial charge on any atom is -0.364 e. The van der Waals surface area contributed by atoms with Crippen LogP contribution in [0.15, 0.2) is 30.0 Å². The molecule has 1 aromatic rings. The van der Waals surface area contributed by atoms with E-state index >= 15 is 0 Å². The Bertz CT molecular complexity index is 776. The van der Waals surface area contributed by atoms with Gasteiger partial charge in [-0.15, -0.1) is 0 Å². The van der Waals surface area contributed by atoms with Crippen molar-refractivity contribution in [1.29, 1.82) is 0 Å². The van der Waals surface area contributed by atoms with Gasteiger partial charge >= 0.3 is 0 Å². The molecule has 0 atom stereocenters. The van der Waals surface area contributed by atoms with Crippen molar-refractivity contribution in [3.05, 3.63) is 41.1 Å². The molecule has 31 heavy (non-hydrogen) atoms. The van der Waals surface area contributed by atoms with Gasteiger partial charge in [-0.2, -0.15) is 0 Å². The molecule has 1 fully saturated rings. The van der Waals surface area contributed by atoms with Crippen LogP contribution in [0.5, 0.6) is 0 Å². The minimum absolute atomic E-state index is 0.104. The molecule has 5 nitrogen and oxygen atoms in total. The number of benzene rings is 1. The lowest BCUT2D eigenvalue weighted by molar-refractivity contribution is -0.137. The van der Waals surface area contributed by atoms with Crippen LogP contribution in [0, 0.1) is 6.92 Å². The Morgan fingerprint density at radius 3 is 1.97 bits per heavy atom. The highest BCUT2D eigenvalue weighted by Crippen LogP contribution is 2.32. The average molecular weight is 426 g/mol. The van der Waals surface area contributed by atoms with Crippen LogP contribution in [0.3, 0.4) is 0 Å². The number of carbonyl (C=O) groups excluding carboxylic acids is 2. The number of imide groups is 1. The SMILES string of the molecule is CCCCCCCCCCN1C(=O)C(c2ccc(C)cc2)=C(N2CCN(C)CC2)C1=O. The summed E-state index contributed by atoms with van der Waals surface area (Å²) in [7, 11) is 2.10. The van der Waals surface area contributed by atoms with Gasteiger partial charge in [0.2, 0.25) is 0 Å². The van der Waals surface area contributed by atoms with Crippen molar-refractivity contribution in [3.8, 4) is 0 Å². The fourth-order valence-electron chi connectivity index (χ4n) is 4.47. The van der Waals surface area contributed by atoms with Gasteiger partial charge in [-0.25, -0.2) is 0 Å². The zero-order chi connectivity index (χ0) is 22.2. The van der Waals surface area contributed by atoms with E-state index in [4.69, 9.17) is 0 Å². The summed E-state index contributed by atoms with van der Waals surface area (Å²) in [4.78, 5) is 32.6. The van der Waals surface area contributed by atoms with Gasteiger partial charge in [0.15, 0.2) is 0 Å². The van der Waals surface area contributed by atoms with E-state index in [0.29, 0.717) is 17.8 Å². The second-order valence-corrected chi connectivity index (χ2v) is 9.12. The van der Waals surface area contributed by atoms with Gasteiger partial charge in [-0.1, -0.05) is 81.7 Å². The molecular formula is C26H39N3O2. The zero-order valence-electron chi connectivity index (χ0n) is 19.7. The Hall–Kier alpha value is -2.14. The number of unbranched alkanes of at least 4 members (excludes halogenated alkanes) is 7. The molecule has 170 valence electrons. The average Bonchev–Trinajstić information content (AvgIpc) is 3.01. The maximum atomic E-state index is 13.4. The highest BCUT2D eigenvalue weighted by atomic mass is 16.2.